The molecule has 0 unspecified atom stereocenters. The summed E-state index contributed by atoms with van der Waals surface area (Å²) in [5.74, 6) is 0.400. The monoisotopic (exact) mass is 329 g/mol. The van der Waals surface area contributed by atoms with E-state index in [4.69, 9.17) is 27.9 Å². The molecule has 1 aromatic carbocycles. The molecule has 21 heavy (non-hydrogen) atoms. The van der Waals surface area contributed by atoms with Crippen LogP contribution in [0.15, 0.2) is 18.2 Å². The Labute approximate surface area is 131 Å². The Kier molecular flexibility index (Phi) is 4.69. The highest BCUT2D eigenvalue weighted by Crippen LogP contribution is 2.32. The fourth-order valence-electron chi connectivity index (χ4n) is 2.02. The second kappa shape index (κ2) is 6.32. The summed E-state index contributed by atoms with van der Waals surface area (Å²) in [6, 6.07) is 5.08. The first-order chi connectivity index (χ1) is 9.91. The minimum atomic E-state index is -0.431. The van der Waals surface area contributed by atoms with Crippen LogP contribution in [0, 0.1) is 24.0 Å². The Balaban J connectivity index is 2.08. The van der Waals surface area contributed by atoms with Gasteiger partial charge in [0.05, 0.1) is 21.5 Å². The normalized spacial score (nSPS) is 10.7. The molecule has 0 N–H and O–H groups in total. The Morgan fingerprint density at radius 1 is 1.33 bits per heavy atom. The van der Waals surface area contributed by atoms with Crippen LogP contribution in [0.25, 0.3) is 0 Å². The smallest absolute Gasteiger partial charge is 0.312 e. The van der Waals surface area contributed by atoms with Gasteiger partial charge in [0.1, 0.15) is 18.0 Å². The van der Waals surface area contributed by atoms with Crippen LogP contribution >= 0.6 is 23.2 Å². The average molecular weight is 330 g/mol. The minimum absolute atomic E-state index is 0.0331. The van der Waals surface area contributed by atoms with Crippen LogP contribution in [0.3, 0.4) is 0 Å². The minimum Gasteiger partial charge on any atom is -0.489 e. The summed E-state index contributed by atoms with van der Waals surface area (Å²) in [5.41, 5.74) is 0.908. The van der Waals surface area contributed by atoms with Crippen LogP contribution in [0.4, 0.5) is 5.69 Å². The van der Waals surface area contributed by atoms with Crippen LogP contribution in [0.1, 0.15) is 11.4 Å². The molecule has 0 fully saturated rings. The number of halogens is 2. The largest absolute Gasteiger partial charge is 0.489 e. The van der Waals surface area contributed by atoms with E-state index in [-0.39, 0.29) is 12.3 Å². The Morgan fingerprint density at radius 3 is 2.48 bits per heavy atom. The molecule has 0 bridgehead atoms. The van der Waals surface area contributed by atoms with E-state index in [2.05, 4.69) is 5.10 Å². The van der Waals surface area contributed by atoms with Gasteiger partial charge in [-0.2, -0.15) is 5.10 Å². The van der Waals surface area contributed by atoms with Crippen molar-refractivity contribution in [2.45, 2.75) is 20.4 Å². The molecule has 0 spiro atoms. The molecule has 0 saturated heterocycles. The van der Waals surface area contributed by atoms with Crippen molar-refractivity contribution in [2.75, 3.05) is 6.61 Å². The quantitative estimate of drug-likeness (QED) is 0.618. The zero-order valence-corrected chi connectivity index (χ0v) is 13.0. The van der Waals surface area contributed by atoms with Crippen molar-refractivity contribution in [2.24, 2.45) is 0 Å². The number of nitro groups is 1. The molecule has 1 aromatic heterocycles. The number of hydrogen-bond donors (Lipinski definition) is 0. The summed E-state index contributed by atoms with van der Waals surface area (Å²) in [4.78, 5) is 10.5. The molecule has 2 aromatic rings. The van der Waals surface area contributed by atoms with Gasteiger partial charge < -0.3 is 4.74 Å². The molecule has 0 aliphatic rings. The molecule has 0 atom stereocenters. The molecule has 0 aliphatic carbocycles. The van der Waals surface area contributed by atoms with Gasteiger partial charge in [0.25, 0.3) is 0 Å². The fourth-order valence-corrected chi connectivity index (χ4v) is 2.53. The van der Waals surface area contributed by atoms with Crippen LogP contribution in [-0.4, -0.2) is 21.3 Å². The molecule has 2 rings (SSSR count). The van der Waals surface area contributed by atoms with Gasteiger partial charge in [-0.3, -0.25) is 14.8 Å². The number of aryl methyl sites for hydroxylation is 1. The Hall–Kier alpha value is -1.79. The van der Waals surface area contributed by atoms with Gasteiger partial charge in [0, 0.05) is 0 Å². The molecular weight excluding hydrogens is 317 g/mol. The van der Waals surface area contributed by atoms with E-state index in [1.54, 1.807) is 32.0 Å². The van der Waals surface area contributed by atoms with Gasteiger partial charge in [-0.05, 0) is 26.0 Å². The van der Waals surface area contributed by atoms with Crippen molar-refractivity contribution < 1.29 is 9.66 Å². The van der Waals surface area contributed by atoms with Crippen molar-refractivity contribution >= 4 is 28.9 Å². The maximum Gasteiger partial charge on any atom is 0.312 e. The number of para-hydroxylation sites is 1. The molecule has 112 valence electrons. The lowest BCUT2D eigenvalue weighted by atomic mass is 10.3. The zero-order chi connectivity index (χ0) is 15.6. The number of hydrogen-bond acceptors (Lipinski definition) is 4. The van der Waals surface area contributed by atoms with Crippen LogP contribution in [0.2, 0.25) is 10.0 Å². The van der Waals surface area contributed by atoms with E-state index in [0.717, 1.165) is 0 Å². The van der Waals surface area contributed by atoms with E-state index >= 15 is 0 Å². The van der Waals surface area contributed by atoms with Crippen LogP contribution in [-0.2, 0) is 6.54 Å². The molecule has 0 aliphatic heterocycles. The lowest BCUT2D eigenvalue weighted by Gasteiger charge is -2.10. The summed E-state index contributed by atoms with van der Waals surface area (Å²) in [6.45, 7) is 3.87. The van der Waals surface area contributed by atoms with Gasteiger partial charge in [-0.15, -0.1) is 0 Å². The number of rotatable bonds is 5. The average Bonchev–Trinajstić information content (AvgIpc) is 2.68. The SMILES string of the molecule is Cc1nn(CCOc2c(Cl)cccc2Cl)c(C)c1[N+](=O)[O-]. The van der Waals surface area contributed by atoms with Crippen molar-refractivity contribution in [3.8, 4) is 5.75 Å². The lowest BCUT2D eigenvalue weighted by molar-refractivity contribution is -0.386. The van der Waals surface area contributed by atoms with Gasteiger partial charge in [0.2, 0.25) is 0 Å². The highest BCUT2D eigenvalue weighted by Gasteiger charge is 2.21. The van der Waals surface area contributed by atoms with Gasteiger partial charge in [-0.25, -0.2) is 0 Å². The summed E-state index contributed by atoms with van der Waals surface area (Å²) in [7, 11) is 0. The van der Waals surface area contributed by atoms with Crippen LogP contribution in [0.5, 0.6) is 5.75 Å². The third-order valence-corrected chi connectivity index (χ3v) is 3.59. The second-order valence-electron chi connectivity index (χ2n) is 4.40. The topological polar surface area (TPSA) is 70.2 Å². The number of nitrogens with zero attached hydrogens (tertiary/aromatic N) is 3. The fraction of sp³-hybridized carbons (Fsp3) is 0.308. The summed E-state index contributed by atoms with van der Waals surface area (Å²) < 4.78 is 7.08. The predicted molar refractivity (Wildman–Crippen MR) is 80.3 cm³/mol. The van der Waals surface area contributed by atoms with E-state index < -0.39 is 4.92 Å². The molecule has 8 heteroatoms. The Bertz CT molecular complexity index is 665. The first-order valence-corrected chi connectivity index (χ1v) is 6.92. The first kappa shape index (κ1) is 15.6. The summed E-state index contributed by atoms with van der Waals surface area (Å²) in [6.07, 6.45) is 0. The third-order valence-electron chi connectivity index (χ3n) is 2.99. The zero-order valence-electron chi connectivity index (χ0n) is 11.5. The standard InChI is InChI=1S/C13H13Cl2N3O3/c1-8-12(18(19)20)9(2)17(16-8)6-7-21-13-10(14)4-3-5-11(13)15/h3-5H,6-7H2,1-2H3. The third kappa shape index (κ3) is 3.28. The first-order valence-electron chi connectivity index (χ1n) is 6.17. The maximum atomic E-state index is 10.9. The van der Waals surface area contributed by atoms with Crippen molar-refractivity contribution in [3.63, 3.8) is 0 Å². The summed E-state index contributed by atoms with van der Waals surface area (Å²) in [5, 5.41) is 15.9. The van der Waals surface area contributed by atoms with Crippen LogP contribution < -0.4 is 4.74 Å². The molecule has 6 nitrogen and oxygen atoms in total. The van der Waals surface area contributed by atoms with Gasteiger partial charge in [0.15, 0.2) is 5.75 Å². The van der Waals surface area contributed by atoms with Gasteiger partial charge in [-0.1, -0.05) is 29.3 Å². The molecule has 1 heterocycles. The predicted octanol–water partition coefficient (Wildman–Crippen LogP) is 3.79. The van der Waals surface area contributed by atoms with Crippen molar-refractivity contribution in [1.29, 1.82) is 0 Å². The van der Waals surface area contributed by atoms with E-state index in [1.807, 2.05) is 0 Å². The number of ether oxygens (including phenoxy) is 1. The maximum absolute atomic E-state index is 10.9. The molecule has 0 amide bonds. The van der Waals surface area contributed by atoms with Crippen molar-refractivity contribution in [3.05, 3.63) is 49.7 Å². The van der Waals surface area contributed by atoms with Gasteiger partial charge >= 0.3 is 5.69 Å². The lowest BCUT2D eigenvalue weighted by Crippen LogP contribution is -2.11. The second-order valence-corrected chi connectivity index (χ2v) is 5.21. The number of aromatic nitrogens is 2. The van der Waals surface area contributed by atoms with E-state index in [0.29, 0.717) is 33.7 Å². The Morgan fingerprint density at radius 2 is 1.95 bits per heavy atom. The highest BCUT2D eigenvalue weighted by atomic mass is 35.5. The van der Waals surface area contributed by atoms with Crippen molar-refractivity contribution in [1.82, 2.24) is 9.78 Å². The highest BCUT2D eigenvalue weighted by molar-refractivity contribution is 6.37. The summed E-state index contributed by atoms with van der Waals surface area (Å²) >= 11 is 12.0. The number of benzene rings is 1. The molecular formula is C13H13Cl2N3O3. The van der Waals surface area contributed by atoms with E-state index in [1.165, 1.54) is 4.68 Å². The van der Waals surface area contributed by atoms with E-state index in [9.17, 15) is 10.1 Å². The molecule has 0 radical (unpaired) electrons. The molecule has 0 saturated carbocycles.